The number of anilines is 1. The van der Waals surface area contributed by atoms with E-state index in [1.54, 1.807) is 24.3 Å². The van der Waals surface area contributed by atoms with Gasteiger partial charge in [0.05, 0.1) is 19.2 Å². The van der Waals surface area contributed by atoms with E-state index in [1.165, 1.54) is 19.1 Å². The molecule has 7 nitrogen and oxygen atoms in total. The summed E-state index contributed by atoms with van der Waals surface area (Å²) in [6, 6.07) is 16.5. The van der Waals surface area contributed by atoms with Crippen molar-refractivity contribution >= 4 is 33.5 Å². The molecule has 0 unspecified atom stereocenters. The SMILES string of the molecule is COC(=O)C1=C([O-])C(=O)N2[C@@H](OC)N(c3ccc(Br)cc3)C[C@]12c1ccccc1.[Na+]. The van der Waals surface area contributed by atoms with Crippen molar-refractivity contribution in [2.45, 2.75) is 11.9 Å². The Balaban J connectivity index is 0.00000256. The molecule has 0 spiro atoms. The van der Waals surface area contributed by atoms with Crippen LogP contribution in [0.25, 0.3) is 0 Å². The summed E-state index contributed by atoms with van der Waals surface area (Å²) in [5.41, 5.74) is -0.0793. The number of hydrogen-bond acceptors (Lipinski definition) is 6. The van der Waals surface area contributed by atoms with Crippen molar-refractivity contribution in [3.63, 3.8) is 0 Å². The third kappa shape index (κ3) is 3.27. The number of carbonyl (C=O) groups excluding carboxylic acids is 2. The van der Waals surface area contributed by atoms with Gasteiger partial charge >= 0.3 is 35.5 Å². The summed E-state index contributed by atoms with van der Waals surface area (Å²) >= 11 is 3.41. The van der Waals surface area contributed by atoms with Gasteiger partial charge in [-0.3, -0.25) is 9.69 Å². The number of benzene rings is 2. The van der Waals surface area contributed by atoms with Crippen molar-refractivity contribution < 1.29 is 53.7 Å². The maximum atomic E-state index is 13.0. The maximum absolute atomic E-state index is 13.0. The number of fused-ring (bicyclic) bond motifs is 1. The summed E-state index contributed by atoms with van der Waals surface area (Å²) in [7, 11) is 2.66. The molecular weight excluding hydrogens is 463 g/mol. The molecule has 2 aromatic rings. The van der Waals surface area contributed by atoms with Crippen LogP contribution in [0.4, 0.5) is 5.69 Å². The molecule has 0 bridgehead atoms. The van der Waals surface area contributed by atoms with Crippen LogP contribution in [0.3, 0.4) is 0 Å². The van der Waals surface area contributed by atoms with Gasteiger partial charge in [-0.1, -0.05) is 46.3 Å². The molecule has 2 atom stereocenters. The van der Waals surface area contributed by atoms with Crippen LogP contribution in [0.2, 0.25) is 0 Å². The van der Waals surface area contributed by atoms with E-state index in [1.807, 2.05) is 35.2 Å². The van der Waals surface area contributed by atoms with Crippen LogP contribution in [-0.4, -0.2) is 43.9 Å². The Morgan fingerprint density at radius 3 is 2.33 bits per heavy atom. The Hall–Kier alpha value is -1.84. The van der Waals surface area contributed by atoms with Crippen molar-refractivity contribution in [2.24, 2.45) is 0 Å². The van der Waals surface area contributed by atoms with Gasteiger partial charge in [0.2, 0.25) is 12.3 Å². The van der Waals surface area contributed by atoms with Crippen LogP contribution >= 0.6 is 15.9 Å². The number of ether oxygens (including phenoxy) is 2. The fourth-order valence-corrected chi connectivity index (χ4v) is 4.41. The topological polar surface area (TPSA) is 82.1 Å². The molecule has 0 saturated carbocycles. The second kappa shape index (κ2) is 8.72. The number of halogens is 1. The predicted molar refractivity (Wildman–Crippen MR) is 106 cm³/mol. The predicted octanol–water partition coefficient (Wildman–Crippen LogP) is -1.27. The second-order valence-corrected chi connectivity index (χ2v) is 7.68. The zero-order valence-electron chi connectivity index (χ0n) is 16.8. The van der Waals surface area contributed by atoms with Crippen molar-refractivity contribution in [1.29, 1.82) is 0 Å². The molecule has 0 aromatic heterocycles. The molecule has 4 rings (SSSR count). The smallest absolute Gasteiger partial charge is 0.868 e. The Labute approximate surface area is 204 Å². The standard InChI is InChI=1S/C21H19BrN2O5.Na/c1-28-19(27)16-17(25)18(26)24-20(29-2)23(15-10-8-14(22)9-11-15)12-21(16,24)13-6-4-3-5-7-13;/h3-11,20,25H,12H2,1-2H3;/q;+1/p-1/t20-,21-;/m0./s1. The van der Waals surface area contributed by atoms with E-state index in [0.29, 0.717) is 5.56 Å². The first-order valence-electron chi connectivity index (χ1n) is 8.90. The van der Waals surface area contributed by atoms with E-state index in [4.69, 9.17) is 9.47 Å². The van der Waals surface area contributed by atoms with Crippen LogP contribution in [0.5, 0.6) is 0 Å². The van der Waals surface area contributed by atoms with E-state index >= 15 is 0 Å². The normalized spacial score (nSPS) is 22.8. The zero-order valence-corrected chi connectivity index (χ0v) is 20.4. The number of carbonyl (C=O) groups is 2. The van der Waals surface area contributed by atoms with E-state index in [0.717, 1.165) is 10.2 Å². The molecule has 2 aliphatic heterocycles. The summed E-state index contributed by atoms with van der Waals surface area (Å²) in [4.78, 5) is 28.9. The van der Waals surface area contributed by atoms with Crippen LogP contribution in [0.1, 0.15) is 5.56 Å². The Morgan fingerprint density at radius 2 is 1.77 bits per heavy atom. The molecule has 9 heteroatoms. The minimum atomic E-state index is -1.31. The molecule has 0 radical (unpaired) electrons. The van der Waals surface area contributed by atoms with E-state index in [2.05, 4.69) is 15.9 Å². The van der Waals surface area contributed by atoms with Crippen LogP contribution in [-0.2, 0) is 24.6 Å². The number of methoxy groups -OCH3 is 2. The van der Waals surface area contributed by atoms with Gasteiger partial charge in [0.1, 0.15) is 5.54 Å². The Kier molecular flexibility index (Phi) is 6.64. The summed E-state index contributed by atoms with van der Waals surface area (Å²) in [5.74, 6) is -2.47. The van der Waals surface area contributed by atoms with Crippen molar-refractivity contribution in [1.82, 2.24) is 4.90 Å². The van der Waals surface area contributed by atoms with E-state index < -0.39 is 29.5 Å². The van der Waals surface area contributed by atoms with Gasteiger partial charge in [0.25, 0.3) is 0 Å². The minimum Gasteiger partial charge on any atom is -0.868 e. The van der Waals surface area contributed by atoms with Crippen LogP contribution in [0, 0.1) is 0 Å². The number of nitrogens with zero attached hydrogens (tertiary/aromatic N) is 2. The third-order valence-electron chi connectivity index (χ3n) is 5.36. The van der Waals surface area contributed by atoms with Crippen LogP contribution < -0.4 is 39.6 Å². The Bertz CT molecular complexity index is 998. The summed E-state index contributed by atoms with van der Waals surface area (Å²) < 4.78 is 11.4. The number of hydrogen-bond donors (Lipinski definition) is 0. The van der Waals surface area contributed by atoms with Gasteiger partial charge in [-0.2, -0.15) is 0 Å². The molecule has 1 saturated heterocycles. The largest absolute Gasteiger partial charge is 1.00 e. The van der Waals surface area contributed by atoms with E-state index in [9.17, 15) is 14.7 Å². The fraction of sp³-hybridized carbons (Fsp3) is 0.238. The first kappa shape index (κ1) is 22.8. The average Bonchev–Trinajstić information content (AvgIpc) is 3.19. The van der Waals surface area contributed by atoms with Crippen LogP contribution in [0.15, 0.2) is 70.4 Å². The van der Waals surface area contributed by atoms with Gasteiger partial charge in [0, 0.05) is 17.3 Å². The van der Waals surface area contributed by atoms with Crippen molar-refractivity contribution in [3.8, 4) is 0 Å². The van der Waals surface area contributed by atoms with Crippen molar-refractivity contribution in [3.05, 3.63) is 76.0 Å². The summed E-state index contributed by atoms with van der Waals surface area (Å²) in [6.07, 6.45) is -0.866. The minimum absolute atomic E-state index is 0. The van der Waals surface area contributed by atoms with E-state index in [-0.39, 0.29) is 41.7 Å². The molecule has 150 valence electrons. The molecule has 1 fully saturated rings. The molecule has 2 heterocycles. The number of amides is 1. The molecule has 30 heavy (non-hydrogen) atoms. The van der Waals surface area contributed by atoms with Gasteiger partial charge in [0.15, 0.2) is 0 Å². The fourth-order valence-electron chi connectivity index (χ4n) is 4.14. The van der Waals surface area contributed by atoms with Gasteiger partial charge in [-0.05, 0) is 35.6 Å². The van der Waals surface area contributed by atoms with Crippen molar-refractivity contribution in [2.75, 3.05) is 25.7 Å². The Morgan fingerprint density at radius 1 is 1.13 bits per heavy atom. The monoisotopic (exact) mass is 480 g/mol. The first-order chi connectivity index (χ1) is 14.0. The first-order valence-corrected chi connectivity index (χ1v) is 9.69. The number of esters is 1. The van der Waals surface area contributed by atoms with Gasteiger partial charge < -0.3 is 19.5 Å². The molecule has 2 aliphatic rings. The summed E-state index contributed by atoms with van der Waals surface area (Å²) in [6.45, 7) is 0.166. The van der Waals surface area contributed by atoms with Gasteiger partial charge in [-0.15, -0.1) is 0 Å². The molecular formula is C21H18BrN2NaO5. The zero-order chi connectivity index (χ0) is 20.8. The third-order valence-corrected chi connectivity index (χ3v) is 5.89. The maximum Gasteiger partial charge on any atom is 1.00 e. The second-order valence-electron chi connectivity index (χ2n) is 6.76. The quantitative estimate of drug-likeness (QED) is 0.400. The molecule has 2 aromatic carbocycles. The average molecular weight is 481 g/mol. The molecule has 1 amide bonds. The molecule has 0 aliphatic carbocycles. The number of rotatable bonds is 4. The molecule has 0 N–H and O–H groups in total. The summed E-state index contributed by atoms with van der Waals surface area (Å²) in [5, 5.41) is 12.8. The van der Waals surface area contributed by atoms with Gasteiger partial charge in [-0.25, -0.2) is 4.79 Å².